The number of methoxy groups -OCH3 is 1. The Bertz CT molecular complexity index is 471. The van der Waals surface area contributed by atoms with Gasteiger partial charge in [0.2, 0.25) is 5.91 Å². The quantitative estimate of drug-likeness (QED) is 0.876. The first kappa shape index (κ1) is 16.7. The molecule has 0 aromatic carbocycles. The summed E-state index contributed by atoms with van der Waals surface area (Å²) in [7, 11) is 1.63. The zero-order valence-electron chi connectivity index (χ0n) is 13.7. The number of pyridine rings is 1. The zero-order valence-corrected chi connectivity index (χ0v) is 13.7. The van der Waals surface area contributed by atoms with Crippen molar-refractivity contribution >= 4 is 5.91 Å². The third-order valence-electron chi connectivity index (χ3n) is 4.24. The highest BCUT2D eigenvalue weighted by atomic mass is 16.5. The molecule has 1 fully saturated rings. The maximum absolute atomic E-state index is 12.1. The average Bonchev–Trinajstić information content (AvgIpc) is 2.82. The molecule has 1 atom stereocenters. The minimum absolute atomic E-state index is 0.0846. The minimum atomic E-state index is 0.0846. The van der Waals surface area contributed by atoms with Gasteiger partial charge >= 0.3 is 0 Å². The van der Waals surface area contributed by atoms with Crippen molar-refractivity contribution in [2.24, 2.45) is 0 Å². The van der Waals surface area contributed by atoms with Crippen LogP contribution in [-0.4, -0.2) is 42.0 Å². The number of amides is 1. The fraction of sp³-hybridized carbons (Fsp3) is 0.647. The summed E-state index contributed by atoms with van der Waals surface area (Å²) < 4.78 is 5.16. The van der Waals surface area contributed by atoms with Crippen LogP contribution in [0.3, 0.4) is 0 Å². The van der Waals surface area contributed by atoms with Crippen LogP contribution in [0.5, 0.6) is 5.75 Å². The summed E-state index contributed by atoms with van der Waals surface area (Å²) in [5.74, 6) is 0.846. The van der Waals surface area contributed by atoms with Crippen molar-refractivity contribution in [2.75, 3.05) is 20.2 Å². The molecular weight excluding hydrogens is 278 g/mol. The smallest absolute Gasteiger partial charge is 0.221 e. The van der Waals surface area contributed by atoms with Gasteiger partial charge in [0, 0.05) is 24.7 Å². The Balaban J connectivity index is 1.76. The second-order valence-corrected chi connectivity index (χ2v) is 5.97. The van der Waals surface area contributed by atoms with Crippen LogP contribution in [-0.2, 0) is 11.3 Å². The number of ether oxygens (including phenoxy) is 1. The Hall–Kier alpha value is -1.62. The van der Waals surface area contributed by atoms with Crippen molar-refractivity contribution in [1.82, 2.24) is 15.2 Å². The maximum Gasteiger partial charge on any atom is 0.221 e. The number of hydrogen-bond donors (Lipinski definition) is 1. The monoisotopic (exact) mass is 305 g/mol. The summed E-state index contributed by atoms with van der Waals surface area (Å²) in [5, 5.41) is 2.95. The standard InChI is InChI=1S/C17H27N3O2/c1-14(20-9-5-3-4-6-10-20)11-17(21)19-13-15-12-16(22-2)7-8-18-15/h7-8,12,14H,3-6,9-11,13H2,1-2H3,(H,19,21)/t14-/m1/s1. The number of carbonyl (C=O) groups is 1. The molecule has 5 heteroatoms. The lowest BCUT2D eigenvalue weighted by Crippen LogP contribution is -2.38. The molecule has 1 aliphatic rings. The molecule has 1 saturated heterocycles. The molecule has 0 radical (unpaired) electrons. The molecule has 0 saturated carbocycles. The molecule has 1 amide bonds. The first-order valence-corrected chi connectivity index (χ1v) is 8.18. The summed E-state index contributed by atoms with van der Waals surface area (Å²) in [6, 6.07) is 3.95. The van der Waals surface area contributed by atoms with E-state index in [1.165, 1.54) is 25.7 Å². The molecule has 1 aromatic heterocycles. The Morgan fingerprint density at radius 3 is 2.77 bits per heavy atom. The van der Waals surface area contributed by atoms with Crippen molar-refractivity contribution in [3.05, 3.63) is 24.0 Å². The van der Waals surface area contributed by atoms with Crippen molar-refractivity contribution in [3.8, 4) is 5.75 Å². The van der Waals surface area contributed by atoms with Crippen molar-refractivity contribution < 1.29 is 9.53 Å². The number of carbonyl (C=O) groups excluding carboxylic acids is 1. The normalized spacial score (nSPS) is 17.5. The summed E-state index contributed by atoms with van der Waals surface area (Å²) in [6.07, 6.45) is 7.37. The molecule has 0 aliphatic carbocycles. The van der Waals surface area contributed by atoms with Crippen LogP contribution in [0.4, 0.5) is 0 Å². The van der Waals surface area contributed by atoms with Gasteiger partial charge in [-0.3, -0.25) is 9.78 Å². The summed E-state index contributed by atoms with van der Waals surface area (Å²) >= 11 is 0. The van der Waals surface area contributed by atoms with E-state index in [2.05, 4.69) is 22.1 Å². The molecule has 0 spiro atoms. The maximum atomic E-state index is 12.1. The predicted molar refractivity (Wildman–Crippen MR) is 86.8 cm³/mol. The Morgan fingerprint density at radius 2 is 2.09 bits per heavy atom. The third kappa shape index (κ3) is 5.30. The van der Waals surface area contributed by atoms with Crippen molar-refractivity contribution in [3.63, 3.8) is 0 Å². The van der Waals surface area contributed by atoms with E-state index in [4.69, 9.17) is 4.74 Å². The van der Waals surface area contributed by atoms with E-state index in [0.29, 0.717) is 19.0 Å². The van der Waals surface area contributed by atoms with E-state index in [0.717, 1.165) is 24.5 Å². The van der Waals surface area contributed by atoms with Gasteiger partial charge < -0.3 is 15.0 Å². The second kappa shape index (κ2) is 8.73. The molecule has 0 bridgehead atoms. The number of likely N-dealkylation sites (tertiary alicyclic amines) is 1. The number of rotatable bonds is 6. The number of nitrogens with one attached hydrogen (secondary N) is 1. The number of hydrogen-bond acceptors (Lipinski definition) is 4. The van der Waals surface area contributed by atoms with Crippen LogP contribution >= 0.6 is 0 Å². The molecule has 0 unspecified atom stereocenters. The van der Waals surface area contributed by atoms with Crippen LogP contribution in [0.25, 0.3) is 0 Å². The van der Waals surface area contributed by atoms with Gasteiger partial charge in [-0.25, -0.2) is 0 Å². The van der Waals surface area contributed by atoms with Crippen molar-refractivity contribution in [1.29, 1.82) is 0 Å². The summed E-state index contributed by atoms with van der Waals surface area (Å²) in [4.78, 5) is 18.8. The van der Waals surface area contributed by atoms with Gasteiger partial charge in [0.25, 0.3) is 0 Å². The third-order valence-corrected chi connectivity index (χ3v) is 4.24. The average molecular weight is 305 g/mol. The van der Waals surface area contributed by atoms with Gasteiger partial charge in [-0.1, -0.05) is 12.8 Å². The lowest BCUT2D eigenvalue weighted by molar-refractivity contribution is -0.122. The van der Waals surface area contributed by atoms with Crippen LogP contribution in [0, 0.1) is 0 Å². The van der Waals surface area contributed by atoms with E-state index >= 15 is 0 Å². The molecular formula is C17H27N3O2. The number of nitrogens with zero attached hydrogens (tertiary/aromatic N) is 2. The fourth-order valence-corrected chi connectivity index (χ4v) is 2.87. The molecule has 122 valence electrons. The fourth-order valence-electron chi connectivity index (χ4n) is 2.87. The summed E-state index contributed by atoms with van der Waals surface area (Å²) in [5.41, 5.74) is 0.815. The van der Waals surface area contributed by atoms with E-state index in [9.17, 15) is 4.79 Å². The van der Waals surface area contributed by atoms with Crippen LogP contribution in [0.1, 0.15) is 44.7 Å². The van der Waals surface area contributed by atoms with E-state index < -0.39 is 0 Å². The highest BCUT2D eigenvalue weighted by Gasteiger charge is 2.18. The van der Waals surface area contributed by atoms with Crippen molar-refractivity contribution in [2.45, 2.75) is 51.6 Å². The summed E-state index contributed by atoms with van der Waals surface area (Å²) in [6.45, 7) is 4.83. The van der Waals surface area contributed by atoms with E-state index in [1.54, 1.807) is 19.4 Å². The van der Waals surface area contributed by atoms with Gasteiger partial charge in [0.15, 0.2) is 0 Å². The van der Waals surface area contributed by atoms with Gasteiger partial charge in [-0.15, -0.1) is 0 Å². The van der Waals surface area contributed by atoms with E-state index in [1.807, 2.05) is 6.07 Å². The molecule has 1 aromatic rings. The van der Waals surface area contributed by atoms with E-state index in [-0.39, 0.29) is 5.91 Å². The predicted octanol–water partition coefficient (Wildman–Crippen LogP) is 2.36. The second-order valence-electron chi connectivity index (χ2n) is 5.97. The van der Waals surface area contributed by atoms with Gasteiger partial charge in [-0.2, -0.15) is 0 Å². The molecule has 2 heterocycles. The van der Waals surface area contributed by atoms with Crippen LogP contribution in [0.15, 0.2) is 18.3 Å². The Kier molecular flexibility index (Phi) is 6.65. The van der Waals surface area contributed by atoms with Gasteiger partial charge in [0.05, 0.1) is 19.3 Å². The zero-order chi connectivity index (χ0) is 15.8. The molecule has 22 heavy (non-hydrogen) atoms. The minimum Gasteiger partial charge on any atom is -0.497 e. The largest absolute Gasteiger partial charge is 0.497 e. The number of aromatic nitrogens is 1. The Morgan fingerprint density at radius 1 is 1.36 bits per heavy atom. The highest BCUT2D eigenvalue weighted by Crippen LogP contribution is 2.14. The molecule has 5 nitrogen and oxygen atoms in total. The first-order chi connectivity index (χ1) is 10.7. The highest BCUT2D eigenvalue weighted by molar-refractivity contribution is 5.76. The lowest BCUT2D eigenvalue weighted by Gasteiger charge is -2.27. The van der Waals surface area contributed by atoms with Gasteiger partial charge in [0.1, 0.15) is 5.75 Å². The first-order valence-electron chi connectivity index (χ1n) is 8.18. The molecule has 1 N–H and O–H groups in total. The molecule has 2 rings (SSSR count). The van der Waals surface area contributed by atoms with Crippen LogP contribution in [0.2, 0.25) is 0 Å². The molecule has 1 aliphatic heterocycles. The lowest BCUT2D eigenvalue weighted by atomic mass is 10.2. The van der Waals surface area contributed by atoms with Crippen LogP contribution < -0.4 is 10.1 Å². The topological polar surface area (TPSA) is 54.5 Å². The Labute approximate surface area is 133 Å². The van der Waals surface area contributed by atoms with Gasteiger partial charge in [-0.05, 0) is 38.9 Å². The SMILES string of the molecule is COc1ccnc(CNC(=O)C[C@@H](C)N2CCCCCC2)c1.